The summed E-state index contributed by atoms with van der Waals surface area (Å²) in [6.45, 7) is 6.96. The van der Waals surface area contributed by atoms with Crippen molar-refractivity contribution in [3.63, 3.8) is 0 Å². The van der Waals surface area contributed by atoms with Gasteiger partial charge in [-0.25, -0.2) is 4.98 Å². The zero-order chi connectivity index (χ0) is 19.3. The van der Waals surface area contributed by atoms with Crippen LogP contribution < -0.4 is 15.0 Å². The quantitative estimate of drug-likeness (QED) is 0.709. The third-order valence-electron chi connectivity index (χ3n) is 5.10. The summed E-state index contributed by atoms with van der Waals surface area (Å²) < 4.78 is 5.65. The number of nitrogens with one attached hydrogen (secondary N) is 1. The SMILES string of the molecule is CCCCOc1ncc2c(n1)N(Cc1cccc(CN3CCC3)c1)CC(=O)N2. The summed E-state index contributed by atoms with van der Waals surface area (Å²) in [5, 5.41) is 2.85. The van der Waals surface area contributed by atoms with E-state index in [-0.39, 0.29) is 12.5 Å². The van der Waals surface area contributed by atoms with Crippen LogP contribution in [-0.2, 0) is 17.9 Å². The Morgan fingerprint density at radius 2 is 2.04 bits per heavy atom. The number of unbranched alkanes of at least 4 members (excludes halogenated alkanes) is 1. The second-order valence-electron chi connectivity index (χ2n) is 7.45. The van der Waals surface area contributed by atoms with Crippen LogP contribution in [-0.4, -0.2) is 47.0 Å². The molecular formula is C21H27N5O2. The molecule has 7 heteroatoms. The first-order valence-electron chi connectivity index (χ1n) is 10.1. The second kappa shape index (κ2) is 8.56. The maximum Gasteiger partial charge on any atom is 0.318 e. The maximum absolute atomic E-state index is 12.1. The molecule has 1 amide bonds. The number of fused-ring (bicyclic) bond motifs is 1. The number of hydrogen-bond acceptors (Lipinski definition) is 6. The van der Waals surface area contributed by atoms with Gasteiger partial charge in [0.1, 0.15) is 5.69 Å². The Balaban J connectivity index is 1.50. The first-order chi connectivity index (χ1) is 13.7. The number of amides is 1. The van der Waals surface area contributed by atoms with Crippen LogP contribution in [0.2, 0.25) is 0 Å². The standard InChI is InChI=1S/C21H27N5O2/c1-2-3-10-28-21-22-12-18-20(24-21)26(15-19(27)23-18)14-17-7-4-6-16(11-17)13-25-8-5-9-25/h4,6-7,11-12H,2-3,5,8-10,13-15H2,1H3,(H,23,27). The molecule has 1 fully saturated rings. The molecule has 1 aromatic carbocycles. The summed E-state index contributed by atoms with van der Waals surface area (Å²) in [5.41, 5.74) is 3.12. The molecule has 0 radical (unpaired) electrons. The number of carbonyl (C=O) groups excluding carboxylic acids is 1. The van der Waals surface area contributed by atoms with E-state index in [1.165, 1.54) is 30.6 Å². The Hall–Kier alpha value is -2.67. The number of benzene rings is 1. The first-order valence-corrected chi connectivity index (χ1v) is 10.1. The Labute approximate surface area is 165 Å². The van der Waals surface area contributed by atoms with Gasteiger partial charge in [0.2, 0.25) is 5.91 Å². The van der Waals surface area contributed by atoms with Crippen LogP contribution in [0.25, 0.3) is 0 Å². The van der Waals surface area contributed by atoms with Crippen molar-refractivity contribution in [2.24, 2.45) is 0 Å². The molecule has 2 aliphatic rings. The van der Waals surface area contributed by atoms with Crippen LogP contribution in [0, 0.1) is 0 Å². The van der Waals surface area contributed by atoms with E-state index in [0.717, 1.165) is 19.4 Å². The van der Waals surface area contributed by atoms with Gasteiger partial charge in [-0.3, -0.25) is 9.69 Å². The van der Waals surface area contributed by atoms with Gasteiger partial charge in [-0.15, -0.1) is 0 Å². The predicted octanol–water partition coefficient (Wildman–Crippen LogP) is 2.82. The molecule has 1 N–H and O–H groups in total. The van der Waals surface area contributed by atoms with Gasteiger partial charge in [0, 0.05) is 13.1 Å². The minimum absolute atomic E-state index is 0.0486. The molecule has 0 atom stereocenters. The number of likely N-dealkylation sites (tertiary alicyclic amines) is 1. The predicted molar refractivity (Wildman–Crippen MR) is 108 cm³/mol. The lowest BCUT2D eigenvalue weighted by molar-refractivity contribution is -0.115. The van der Waals surface area contributed by atoms with Gasteiger partial charge < -0.3 is 15.0 Å². The van der Waals surface area contributed by atoms with Crippen molar-refractivity contribution in [2.75, 3.05) is 36.5 Å². The lowest BCUT2D eigenvalue weighted by Crippen LogP contribution is -2.38. The molecule has 2 aromatic rings. The third-order valence-corrected chi connectivity index (χ3v) is 5.10. The third kappa shape index (κ3) is 4.42. The van der Waals surface area contributed by atoms with Crippen molar-refractivity contribution in [2.45, 2.75) is 39.3 Å². The van der Waals surface area contributed by atoms with E-state index in [2.05, 4.69) is 51.4 Å². The summed E-state index contributed by atoms with van der Waals surface area (Å²) in [7, 11) is 0. The van der Waals surface area contributed by atoms with Crippen molar-refractivity contribution in [1.82, 2.24) is 14.9 Å². The van der Waals surface area contributed by atoms with Gasteiger partial charge in [0.25, 0.3) is 0 Å². The molecule has 7 nitrogen and oxygen atoms in total. The summed E-state index contributed by atoms with van der Waals surface area (Å²) in [6, 6.07) is 8.95. The number of hydrogen-bond donors (Lipinski definition) is 1. The lowest BCUT2D eigenvalue weighted by atomic mass is 10.1. The molecule has 0 spiro atoms. The van der Waals surface area contributed by atoms with E-state index in [1.54, 1.807) is 6.20 Å². The molecule has 2 aliphatic heterocycles. The summed E-state index contributed by atoms with van der Waals surface area (Å²) in [6.07, 6.45) is 4.95. The molecule has 28 heavy (non-hydrogen) atoms. The molecule has 1 saturated heterocycles. The van der Waals surface area contributed by atoms with Crippen molar-refractivity contribution in [1.29, 1.82) is 0 Å². The Bertz CT molecular complexity index is 837. The summed E-state index contributed by atoms with van der Waals surface area (Å²) >= 11 is 0. The highest BCUT2D eigenvalue weighted by atomic mass is 16.5. The fourth-order valence-electron chi connectivity index (χ4n) is 3.48. The maximum atomic E-state index is 12.1. The monoisotopic (exact) mass is 381 g/mol. The molecule has 1 aromatic heterocycles. The van der Waals surface area contributed by atoms with E-state index in [0.29, 0.717) is 30.7 Å². The van der Waals surface area contributed by atoms with Gasteiger partial charge in [-0.05, 0) is 37.1 Å². The van der Waals surface area contributed by atoms with Crippen molar-refractivity contribution < 1.29 is 9.53 Å². The van der Waals surface area contributed by atoms with Gasteiger partial charge in [0.05, 0.1) is 19.3 Å². The van der Waals surface area contributed by atoms with E-state index in [4.69, 9.17) is 4.74 Å². The lowest BCUT2D eigenvalue weighted by Gasteiger charge is -2.31. The van der Waals surface area contributed by atoms with E-state index in [9.17, 15) is 4.79 Å². The minimum Gasteiger partial charge on any atom is -0.463 e. The highest BCUT2D eigenvalue weighted by Gasteiger charge is 2.25. The molecular weight excluding hydrogens is 354 g/mol. The number of carbonyl (C=O) groups is 1. The first kappa shape index (κ1) is 18.7. The van der Waals surface area contributed by atoms with Crippen molar-refractivity contribution in [3.8, 4) is 6.01 Å². The van der Waals surface area contributed by atoms with Crippen molar-refractivity contribution >= 4 is 17.4 Å². The number of rotatable bonds is 8. The summed E-state index contributed by atoms with van der Waals surface area (Å²) in [4.78, 5) is 25.3. The zero-order valence-electron chi connectivity index (χ0n) is 16.4. The van der Waals surface area contributed by atoms with Gasteiger partial charge in [-0.1, -0.05) is 37.6 Å². The van der Waals surface area contributed by atoms with Crippen LogP contribution in [0.4, 0.5) is 11.5 Å². The van der Waals surface area contributed by atoms with E-state index in [1.807, 2.05) is 4.90 Å². The van der Waals surface area contributed by atoms with Gasteiger partial charge in [0.15, 0.2) is 5.82 Å². The van der Waals surface area contributed by atoms with Crippen molar-refractivity contribution in [3.05, 3.63) is 41.6 Å². The molecule has 3 heterocycles. The Kier molecular flexibility index (Phi) is 5.71. The summed E-state index contributed by atoms with van der Waals surface area (Å²) in [5.74, 6) is 0.668. The minimum atomic E-state index is -0.0486. The van der Waals surface area contributed by atoms with E-state index < -0.39 is 0 Å². The number of aromatic nitrogens is 2. The zero-order valence-corrected chi connectivity index (χ0v) is 16.4. The Morgan fingerprint density at radius 1 is 1.21 bits per heavy atom. The molecule has 4 rings (SSSR count). The topological polar surface area (TPSA) is 70.6 Å². The Morgan fingerprint density at radius 3 is 2.79 bits per heavy atom. The number of anilines is 2. The molecule has 0 bridgehead atoms. The van der Waals surface area contributed by atoms with Crippen LogP contribution in [0.5, 0.6) is 6.01 Å². The van der Waals surface area contributed by atoms with Crippen LogP contribution in [0.3, 0.4) is 0 Å². The fraction of sp³-hybridized carbons (Fsp3) is 0.476. The average molecular weight is 381 g/mol. The molecule has 0 saturated carbocycles. The van der Waals surface area contributed by atoms with Gasteiger partial charge >= 0.3 is 6.01 Å². The average Bonchev–Trinajstić information content (AvgIpc) is 2.66. The molecule has 0 unspecified atom stereocenters. The van der Waals surface area contributed by atoms with Crippen LogP contribution in [0.15, 0.2) is 30.5 Å². The highest BCUT2D eigenvalue weighted by Crippen LogP contribution is 2.29. The van der Waals surface area contributed by atoms with Crippen LogP contribution >= 0.6 is 0 Å². The second-order valence-corrected chi connectivity index (χ2v) is 7.45. The fourth-order valence-corrected chi connectivity index (χ4v) is 3.48. The van der Waals surface area contributed by atoms with E-state index >= 15 is 0 Å². The molecule has 0 aliphatic carbocycles. The number of ether oxygens (including phenoxy) is 1. The highest BCUT2D eigenvalue weighted by molar-refractivity contribution is 6.00. The van der Waals surface area contributed by atoms with Crippen LogP contribution in [0.1, 0.15) is 37.3 Å². The number of nitrogens with zero attached hydrogens (tertiary/aromatic N) is 4. The largest absolute Gasteiger partial charge is 0.463 e. The van der Waals surface area contributed by atoms with Gasteiger partial charge in [-0.2, -0.15) is 4.98 Å². The normalized spacial score (nSPS) is 16.3. The molecule has 148 valence electrons. The smallest absolute Gasteiger partial charge is 0.318 e.